The highest BCUT2D eigenvalue weighted by Crippen LogP contribution is 2.35. The second kappa shape index (κ2) is 5.07. The lowest BCUT2D eigenvalue weighted by atomic mass is 10.2. The molecule has 1 amide bonds. The van der Waals surface area contributed by atoms with E-state index in [1.165, 1.54) is 11.3 Å². The second-order valence-electron chi connectivity index (χ2n) is 4.30. The number of carbonyl (C=O) groups excluding carboxylic acids is 1. The van der Waals surface area contributed by atoms with Crippen molar-refractivity contribution in [2.45, 2.75) is 12.8 Å². The van der Waals surface area contributed by atoms with Gasteiger partial charge in [0, 0.05) is 16.5 Å². The van der Waals surface area contributed by atoms with Gasteiger partial charge in [-0.05, 0) is 31.0 Å². The Bertz CT molecular complexity index is 640. The molecule has 3 rings (SSSR count). The molecule has 1 N–H and O–H groups in total. The molecule has 1 fully saturated rings. The smallest absolute Gasteiger partial charge is 0.229 e. The van der Waals surface area contributed by atoms with Gasteiger partial charge in [-0.15, -0.1) is 10.2 Å². The predicted octanol–water partition coefficient (Wildman–Crippen LogP) is 3.86. The predicted molar refractivity (Wildman–Crippen MR) is 76.7 cm³/mol. The van der Waals surface area contributed by atoms with Crippen molar-refractivity contribution < 1.29 is 4.79 Å². The van der Waals surface area contributed by atoms with Crippen molar-refractivity contribution in [3.63, 3.8) is 0 Å². The number of aromatic nitrogens is 2. The van der Waals surface area contributed by atoms with Gasteiger partial charge in [0.15, 0.2) is 5.01 Å². The van der Waals surface area contributed by atoms with E-state index in [-0.39, 0.29) is 11.8 Å². The molecule has 4 nitrogen and oxygen atoms in total. The number of nitrogens with zero attached hydrogens (tertiary/aromatic N) is 2. The van der Waals surface area contributed by atoms with E-state index in [1.54, 1.807) is 18.2 Å². The van der Waals surface area contributed by atoms with Crippen LogP contribution in [0.15, 0.2) is 18.2 Å². The standard InChI is InChI=1S/C12H9Cl2N3OS/c13-7-3-4-8(9(14)5-7)11-16-17-12(19-11)15-10(18)6-1-2-6/h3-6H,1-2H2,(H,15,17,18). The number of carbonyl (C=O) groups is 1. The Morgan fingerprint density at radius 2 is 2.11 bits per heavy atom. The number of halogens is 2. The van der Waals surface area contributed by atoms with E-state index >= 15 is 0 Å². The topological polar surface area (TPSA) is 54.9 Å². The first-order valence-electron chi connectivity index (χ1n) is 5.73. The Morgan fingerprint density at radius 1 is 1.32 bits per heavy atom. The number of hydrogen-bond donors (Lipinski definition) is 1. The van der Waals surface area contributed by atoms with Crippen molar-refractivity contribution in [3.05, 3.63) is 28.2 Å². The molecule has 1 aliphatic carbocycles. The van der Waals surface area contributed by atoms with Crippen LogP contribution in [0.5, 0.6) is 0 Å². The molecule has 0 bridgehead atoms. The maximum Gasteiger partial charge on any atom is 0.229 e. The van der Waals surface area contributed by atoms with Gasteiger partial charge in [-0.25, -0.2) is 0 Å². The third kappa shape index (κ3) is 2.88. The average Bonchev–Trinajstić information content (AvgIpc) is 3.11. The summed E-state index contributed by atoms with van der Waals surface area (Å²) in [6.45, 7) is 0. The Hall–Kier alpha value is -1.17. The first-order valence-corrected chi connectivity index (χ1v) is 7.30. The zero-order valence-corrected chi connectivity index (χ0v) is 12.0. The number of anilines is 1. The molecule has 1 aliphatic rings. The molecule has 1 saturated carbocycles. The first-order chi connectivity index (χ1) is 9.13. The fourth-order valence-electron chi connectivity index (χ4n) is 1.60. The molecule has 0 spiro atoms. The van der Waals surface area contributed by atoms with E-state index in [0.29, 0.717) is 20.2 Å². The van der Waals surface area contributed by atoms with E-state index in [4.69, 9.17) is 23.2 Å². The van der Waals surface area contributed by atoms with Crippen LogP contribution in [0.25, 0.3) is 10.6 Å². The largest absolute Gasteiger partial charge is 0.300 e. The zero-order valence-electron chi connectivity index (χ0n) is 9.69. The van der Waals surface area contributed by atoms with Crippen molar-refractivity contribution >= 4 is 45.6 Å². The van der Waals surface area contributed by atoms with E-state index in [1.807, 2.05) is 0 Å². The van der Waals surface area contributed by atoms with Crippen LogP contribution in [0.3, 0.4) is 0 Å². The van der Waals surface area contributed by atoms with Gasteiger partial charge in [0.2, 0.25) is 11.0 Å². The van der Waals surface area contributed by atoms with E-state index < -0.39 is 0 Å². The van der Waals surface area contributed by atoms with E-state index in [2.05, 4.69) is 15.5 Å². The van der Waals surface area contributed by atoms with Crippen LogP contribution in [-0.2, 0) is 4.79 Å². The van der Waals surface area contributed by atoms with Gasteiger partial charge in [0.05, 0.1) is 5.02 Å². The van der Waals surface area contributed by atoms with Crippen molar-refractivity contribution in [3.8, 4) is 10.6 Å². The van der Waals surface area contributed by atoms with Gasteiger partial charge in [0.25, 0.3) is 0 Å². The van der Waals surface area contributed by atoms with Crippen molar-refractivity contribution in [1.82, 2.24) is 10.2 Å². The van der Waals surface area contributed by atoms with Crippen molar-refractivity contribution in [2.75, 3.05) is 5.32 Å². The summed E-state index contributed by atoms with van der Waals surface area (Å²) in [6, 6.07) is 5.19. The summed E-state index contributed by atoms with van der Waals surface area (Å²) >= 11 is 13.3. The Balaban J connectivity index is 1.81. The summed E-state index contributed by atoms with van der Waals surface area (Å²) in [5.41, 5.74) is 0.760. The molecule has 1 aromatic heterocycles. The number of amides is 1. The molecule has 2 aromatic rings. The summed E-state index contributed by atoms with van der Waals surface area (Å²) in [6.07, 6.45) is 1.92. The molecule has 0 saturated heterocycles. The summed E-state index contributed by atoms with van der Waals surface area (Å²) in [7, 11) is 0. The summed E-state index contributed by atoms with van der Waals surface area (Å²) in [5.74, 6) is 0.163. The first kappa shape index (κ1) is 12.8. The second-order valence-corrected chi connectivity index (χ2v) is 6.12. The van der Waals surface area contributed by atoms with Crippen LogP contribution in [0.4, 0.5) is 5.13 Å². The minimum atomic E-state index is 0.0184. The van der Waals surface area contributed by atoms with E-state index in [0.717, 1.165) is 18.4 Å². The van der Waals surface area contributed by atoms with Gasteiger partial charge >= 0.3 is 0 Å². The van der Waals surface area contributed by atoms with Crippen molar-refractivity contribution in [1.29, 1.82) is 0 Å². The number of benzene rings is 1. The molecule has 0 unspecified atom stereocenters. The van der Waals surface area contributed by atoms with Gasteiger partial charge in [-0.1, -0.05) is 34.5 Å². The molecule has 1 heterocycles. The maximum atomic E-state index is 11.6. The Kier molecular flexibility index (Phi) is 3.43. The molecule has 1 aromatic carbocycles. The molecule has 0 aliphatic heterocycles. The van der Waals surface area contributed by atoms with Crippen LogP contribution in [-0.4, -0.2) is 16.1 Å². The molecule has 98 valence electrons. The van der Waals surface area contributed by atoms with Gasteiger partial charge in [0.1, 0.15) is 0 Å². The minimum absolute atomic E-state index is 0.0184. The monoisotopic (exact) mass is 313 g/mol. The number of hydrogen-bond acceptors (Lipinski definition) is 4. The van der Waals surface area contributed by atoms with Gasteiger partial charge < -0.3 is 5.32 Å². The summed E-state index contributed by atoms with van der Waals surface area (Å²) in [5, 5.41) is 13.0. The third-order valence-corrected chi connectivity index (χ3v) is 4.18. The van der Waals surface area contributed by atoms with Gasteiger partial charge in [-0.3, -0.25) is 4.79 Å². The van der Waals surface area contributed by atoms with Crippen LogP contribution >= 0.6 is 34.5 Å². The van der Waals surface area contributed by atoms with E-state index in [9.17, 15) is 4.79 Å². The molecule has 19 heavy (non-hydrogen) atoms. The average molecular weight is 314 g/mol. The molecular formula is C12H9Cl2N3OS. The quantitative estimate of drug-likeness (QED) is 0.936. The van der Waals surface area contributed by atoms with Gasteiger partial charge in [-0.2, -0.15) is 0 Å². The minimum Gasteiger partial charge on any atom is -0.300 e. The van der Waals surface area contributed by atoms with Crippen LogP contribution in [0.1, 0.15) is 12.8 Å². The van der Waals surface area contributed by atoms with Crippen LogP contribution in [0, 0.1) is 5.92 Å². The normalized spacial score (nSPS) is 14.4. The molecular weight excluding hydrogens is 305 g/mol. The lowest BCUT2D eigenvalue weighted by Crippen LogP contribution is -2.12. The maximum absolute atomic E-state index is 11.6. The third-order valence-electron chi connectivity index (χ3n) is 2.76. The van der Waals surface area contributed by atoms with Crippen molar-refractivity contribution in [2.24, 2.45) is 5.92 Å². The highest BCUT2D eigenvalue weighted by molar-refractivity contribution is 7.18. The Labute approximate surface area is 123 Å². The number of nitrogens with one attached hydrogen (secondary N) is 1. The zero-order chi connectivity index (χ0) is 13.4. The molecule has 0 atom stereocenters. The lowest BCUT2D eigenvalue weighted by Gasteiger charge is -1.99. The fourth-order valence-corrected chi connectivity index (χ4v) is 2.94. The van der Waals surface area contributed by atoms with Crippen LogP contribution < -0.4 is 5.32 Å². The fraction of sp³-hybridized carbons (Fsp3) is 0.250. The highest BCUT2D eigenvalue weighted by atomic mass is 35.5. The SMILES string of the molecule is O=C(Nc1nnc(-c2ccc(Cl)cc2Cl)s1)C1CC1. The lowest BCUT2D eigenvalue weighted by molar-refractivity contribution is -0.117. The highest BCUT2D eigenvalue weighted by Gasteiger charge is 2.30. The number of rotatable bonds is 3. The Morgan fingerprint density at radius 3 is 2.79 bits per heavy atom. The van der Waals surface area contributed by atoms with Crippen LogP contribution in [0.2, 0.25) is 10.0 Å². The molecule has 7 heteroatoms. The summed E-state index contributed by atoms with van der Waals surface area (Å²) in [4.78, 5) is 11.6. The molecule has 0 radical (unpaired) electrons. The summed E-state index contributed by atoms with van der Waals surface area (Å²) < 4.78 is 0.